The van der Waals surface area contributed by atoms with Gasteiger partial charge in [-0.3, -0.25) is 9.78 Å². The molecule has 5 nitrogen and oxygen atoms in total. The first-order valence-electron chi connectivity index (χ1n) is 10.5. The third kappa shape index (κ3) is 5.48. The zero-order valence-electron chi connectivity index (χ0n) is 18.5. The standard InChI is InChI=1S/C27H16ClF3N2O3/c28-23-7-19(13-34)25(35-14-17-6-16(10-32)11-33-12-17)9-26(23)36-15-18-2-1-3-21(27(18)31)22-8-20(29)4-5-24(22)30/h1-9,11-13H,14-15H2. The fourth-order valence-electron chi connectivity index (χ4n) is 3.43. The van der Waals surface area contributed by atoms with Gasteiger partial charge < -0.3 is 9.47 Å². The molecule has 9 heteroatoms. The SMILES string of the molecule is N#Cc1cncc(COc2cc(OCc3cccc(-c4cc(F)ccc4F)c3F)c(Cl)cc2C=O)c1. The van der Waals surface area contributed by atoms with Crippen LogP contribution in [0.4, 0.5) is 13.2 Å². The number of rotatable bonds is 8. The highest BCUT2D eigenvalue weighted by atomic mass is 35.5. The summed E-state index contributed by atoms with van der Waals surface area (Å²) in [5.74, 6) is -1.97. The molecule has 0 unspecified atom stereocenters. The van der Waals surface area contributed by atoms with E-state index in [9.17, 15) is 13.6 Å². The van der Waals surface area contributed by atoms with E-state index >= 15 is 4.39 Å². The Hall–Kier alpha value is -4.35. The third-order valence-corrected chi connectivity index (χ3v) is 5.49. The van der Waals surface area contributed by atoms with E-state index in [1.54, 1.807) is 6.07 Å². The van der Waals surface area contributed by atoms with Crippen molar-refractivity contribution in [2.45, 2.75) is 13.2 Å². The lowest BCUT2D eigenvalue weighted by Crippen LogP contribution is -2.03. The van der Waals surface area contributed by atoms with Crippen LogP contribution in [0.5, 0.6) is 11.5 Å². The molecule has 4 rings (SSSR count). The Bertz CT molecular complexity index is 1490. The summed E-state index contributed by atoms with van der Waals surface area (Å²) in [5, 5.41) is 9.09. The highest BCUT2D eigenvalue weighted by molar-refractivity contribution is 6.32. The molecule has 180 valence electrons. The Morgan fingerprint density at radius 2 is 1.75 bits per heavy atom. The Morgan fingerprint density at radius 1 is 0.944 bits per heavy atom. The highest BCUT2D eigenvalue weighted by Crippen LogP contribution is 2.34. The molecule has 1 heterocycles. The molecule has 0 radical (unpaired) electrons. The summed E-state index contributed by atoms with van der Waals surface area (Å²) < 4.78 is 54.3. The van der Waals surface area contributed by atoms with Crippen molar-refractivity contribution >= 4 is 17.9 Å². The van der Waals surface area contributed by atoms with Crippen molar-refractivity contribution in [2.75, 3.05) is 0 Å². The number of pyridine rings is 1. The smallest absolute Gasteiger partial charge is 0.153 e. The van der Waals surface area contributed by atoms with Gasteiger partial charge in [0.1, 0.15) is 48.2 Å². The van der Waals surface area contributed by atoms with E-state index in [0.717, 1.165) is 18.2 Å². The average molecular weight is 509 g/mol. The molecule has 4 aromatic rings. The van der Waals surface area contributed by atoms with E-state index in [2.05, 4.69) is 4.98 Å². The second-order valence-electron chi connectivity index (χ2n) is 7.61. The maximum Gasteiger partial charge on any atom is 0.153 e. The number of carbonyl (C=O) groups is 1. The van der Waals surface area contributed by atoms with Gasteiger partial charge in [-0.2, -0.15) is 5.26 Å². The molecular weight excluding hydrogens is 493 g/mol. The lowest BCUT2D eigenvalue weighted by molar-refractivity contribution is 0.111. The number of ether oxygens (including phenoxy) is 2. The topological polar surface area (TPSA) is 72.2 Å². The van der Waals surface area contributed by atoms with E-state index in [0.29, 0.717) is 17.4 Å². The predicted molar refractivity (Wildman–Crippen MR) is 126 cm³/mol. The van der Waals surface area contributed by atoms with Crippen LogP contribution in [0.3, 0.4) is 0 Å². The van der Waals surface area contributed by atoms with Crippen LogP contribution >= 0.6 is 11.6 Å². The summed E-state index contributed by atoms with van der Waals surface area (Å²) in [7, 11) is 0. The number of hydrogen-bond acceptors (Lipinski definition) is 5. The summed E-state index contributed by atoms with van der Waals surface area (Å²) in [4.78, 5) is 15.5. The van der Waals surface area contributed by atoms with Gasteiger partial charge in [0.2, 0.25) is 0 Å². The van der Waals surface area contributed by atoms with Crippen molar-refractivity contribution in [1.82, 2.24) is 4.98 Å². The Balaban J connectivity index is 1.56. The number of carbonyl (C=O) groups excluding carboxylic acids is 1. The minimum absolute atomic E-state index is 0.0142. The summed E-state index contributed by atoms with van der Waals surface area (Å²) >= 11 is 6.24. The number of nitrogens with zero attached hydrogens (tertiary/aromatic N) is 2. The lowest BCUT2D eigenvalue weighted by Gasteiger charge is -2.14. The molecule has 0 aliphatic carbocycles. The summed E-state index contributed by atoms with van der Waals surface area (Å²) in [6, 6.07) is 13.4. The van der Waals surface area contributed by atoms with Gasteiger partial charge in [0.25, 0.3) is 0 Å². The fraction of sp³-hybridized carbons (Fsp3) is 0.0741. The van der Waals surface area contributed by atoms with Gasteiger partial charge in [0.15, 0.2) is 6.29 Å². The van der Waals surface area contributed by atoms with Gasteiger partial charge in [-0.15, -0.1) is 0 Å². The molecule has 0 saturated carbocycles. The zero-order valence-corrected chi connectivity index (χ0v) is 19.2. The molecule has 0 atom stereocenters. The number of aldehydes is 1. The number of aromatic nitrogens is 1. The highest BCUT2D eigenvalue weighted by Gasteiger charge is 2.16. The molecule has 0 N–H and O–H groups in total. The normalized spacial score (nSPS) is 10.5. The summed E-state index contributed by atoms with van der Waals surface area (Å²) in [5.41, 5.74) is 0.863. The molecule has 36 heavy (non-hydrogen) atoms. The van der Waals surface area contributed by atoms with Crippen LogP contribution < -0.4 is 9.47 Å². The van der Waals surface area contributed by atoms with E-state index < -0.39 is 17.5 Å². The first-order valence-corrected chi connectivity index (χ1v) is 10.9. The van der Waals surface area contributed by atoms with E-state index in [-0.39, 0.29) is 52.0 Å². The van der Waals surface area contributed by atoms with Crippen molar-refractivity contribution in [3.63, 3.8) is 0 Å². The number of hydrogen-bond donors (Lipinski definition) is 0. The Labute approximate surface area is 209 Å². The molecule has 0 fully saturated rings. The first kappa shape index (κ1) is 24.8. The number of halogens is 4. The average Bonchev–Trinajstić information content (AvgIpc) is 2.89. The van der Waals surface area contributed by atoms with Crippen molar-refractivity contribution in [1.29, 1.82) is 5.26 Å². The van der Waals surface area contributed by atoms with Crippen LogP contribution in [-0.2, 0) is 13.2 Å². The molecule has 1 aromatic heterocycles. The van der Waals surface area contributed by atoms with Crippen LogP contribution in [0, 0.1) is 28.8 Å². The van der Waals surface area contributed by atoms with Gasteiger partial charge >= 0.3 is 0 Å². The van der Waals surface area contributed by atoms with Crippen LogP contribution in [-0.4, -0.2) is 11.3 Å². The lowest BCUT2D eigenvalue weighted by atomic mass is 10.0. The first-order chi connectivity index (χ1) is 17.4. The Kier molecular flexibility index (Phi) is 7.52. The van der Waals surface area contributed by atoms with Crippen LogP contribution in [0.2, 0.25) is 5.02 Å². The fourth-order valence-corrected chi connectivity index (χ4v) is 3.65. The molecule has 0 aliphatic rings. The number of benzene rings is 3. The second-order valence-corrected chi connectivity index (χ2v) is 8.02. The molecule has 0 aliphatic heterocycles. The molecule has 0 bridgehead atoms. The van der Waals surface area contributed by atoms with E-state index in [1.807, 2.05) is 6.07 Å². The maximum atomic E-state index is 15.1. The predicted octanol–water partition coefficient (Wildman–Crippen LogP) is 6.66. The van der Waals surface area contributed by atoms with Crippen LogP contribution in [0.25, 0.3) is 11.1 Å². The third-order valence-electron chi connectivity index (χ3n) is 5.19. The number of nitriles is 1. The van der Waals surface area contributed by atoms with Crippen LogP contribution in [0.15, 0.2) is 67.0 Å². The van der Waals surface area contributed by atoms with E-state index in [4.69, 9.17) is 26.3 Å². The van der Waals surface area contributed by atoms with E-state index in [1.165, 1.54) is 42.7 Å². The maximum absolute atomic E-state index is 15.1. The summed E-state index contributed by atoms with van der Waals surface area (Å²) in [6.07, 6.45) is 3.49. The van der Waals surface area contributed by atoms with Crippen molar-refractivity contribution in [2.24, 2.45) is 0 Å². The quantitative estimate of drug-likeness (QED) is 0.249. The monoisotopic (exact) mass is 508 g/mol. The molecule has 0 spiro atoms. The molecule has 3 aromatic carbocycles. The van der Waals surface area contributed by atoms with Gasteiger partial charge in [-0.1, -0.05) is 29.8 Å². The molecule has 0 saturated heterocycles. The summed E-state index contributed by atoms with van der Waals surface area (Å²) in [6.45, 7) is -0.273. The second kappa shape index (κ2) is 10.9. The van der Waals surface area contributed by atoms with Gasteiger partial charge in [-0.05, 0) is 30.3 Å². The zero-order chi connectivity index (χ0) is 25.7. The minimum Gasteiger partial charge on any atom is -0.488 e. The van der Waals surface area contributed by atoms with Gasteiger partial charge in [0, 0.05) is 40.7 Å². The van der Waals surface area contributed by atoms with Crippen molar-refractivity contribution < 1.29 is 27.4 Å². The minimum atomic E-state index is -0.774. The van der Waals surface area contributed by atoms with Crippen LogP contribution in [0.1, 0.15) is 27.0 Å². The van der Waals surface area contributed by atoms with Crippen molar-refractivity contribution in [3.05, 3.63) is 112 Å². The molecule has 0 amide bonds. The molecular formula is C27H16ClF3N2O3. The van der Waals surface area contributed by atoms with Gasteiger partial charge in [-0.25, -0.2) is 13.2 Å². The largest absolute Gasteiger partial charge is 0.488 e. The Morgan fingerprint density at radius 3 is 2.53 bits per heavy atom. The van der Waals surface area contributed by atoms with Crippen molar-refractivity contribution in [3.8, 4) is 28.7 Å². The van der Waals surface area contributed by atoms with Gasteiger partial charge in [0.05, 0.1) is 16.1 Å².